The normalized spacial score (nSPS) is 10.7. The SMILES string of the molecule is COc1cc(CNCc2ccccn2)c(Cl)cc1OCc1ccc(Cl)cc1Cl. The number of rotatable bonds is 8. The Hall–Kier alpha value is -1.98. The largest absolute Gasteiger partial charge is 0.493 e. The number of methoxy groups -OCH3 is 1. The van der Waals surface area contributed by atoms with Gasteiger partial charge < -0.3 is 14.8 Å². The number of hydrogen-bond donors (Lipinski definition) is 1. The molecule has 0 fully saturated rings. The average molecular weight is 438 g/mol. The number of pyridine rings is 1. The van der Waals surface area contributed by atoms with Gasteiger partial charge in [-0.25, -0.2) is 0 Å². The monoisotopic (exact) mass is 436 g/mol. The van der Waals surface area contributed by atoms with E-state index >= 15 is 0 Å². The van der Waals surface area contributed by atoms with Crippen LogP contribution in [0.1, 0.15) is 16.8 Å². The van der Waals surface area contributed by atoms with Crippen molar-refractivity contribution < 1.29 is 9.47 Å². The van der Waals surface area contributed by atoms with Crippen LogP contribution in [0.25, 0.3) is 0 Å². The van der Waals surface area contributed by atoms with Crippen molar-refractivity contribution in [3.05, 3.63) is 86.6 Å². The first-order valence-electron chi connectivity index (χ1n) is 8.60. The molecule has 1 N–H and O–H groups in total. The van der Waals surface area contributed by atoms with Crippen LogP contribution in [0.4, 0.5) is 0 Å². The molecule has 0 aliphatic rings. The van der Waals surface area contributed by atoms with E-state index in [0.29, 0.717) is 39.7 Å². The number of nitrogens with one attached hydrogen (secondary N) is 1. The van der Waals surface area contributed by atoms with E-state index in [1.54, 1.807) is 31.5 Å². The van der Waals surface area contributed by atoms with Crippen LogP contribution >= 0.6 is 34.8 Å². The highest BCUT2D eigenvalue weighted by Gasteiger charge is 2.12. The van der Waals surface area contributed by atoms with Gasteiger partial charge in [0.15, 0.2) is 11.5 Å². The van der Waals surface area contributed by atoms with Crippen LogP contribution in [0.15, 0.2) is 54.7 Å². The van der Waals surface area contributed by atoms with Crippen LogP contribution in [0.2, 0.25) is 15.1 Å². The van der Waals surface area contributed by atoms with Crippen molar-refractivity contribution >= 4 is 34.8 Å². The first-order chi connectivity index (χ1) is 13.6. The summed E-state index contributed by atoms with van der Waals surface area (Å²) in [6, 6.07) is 14.7. The number of benzene rings is 2. The fourth-order valence-electron chi connectivity index (χ4n) is 2.61. The molecule has 2 aromatic carbocycles. The van der Waals surface area contributed by atoms with Gasteiger partial charge >= 0.3 is 0 Å². The molecule has 0 saturated carbocycles. The summed E-state index contributed by atoms with van der Waals surface area (Å²) in [6.07, 6.45) is 1.77. The third kappa shape index (κ3) is 5.52. The topological polar surface area (TPSA) is 43.4 Å². The van der Waals surface area contributed by atoms with Crippen LogP contribution in [0.3, 0.4) is 0 Å². The van der Waals surface area contributed by atoms with Crippen molar-refractivity contribution in [1.82, 2.24) is 10.3 Å². The molecule has 0 amide bonds. The average Bonchev–Trinajstić information content (AvgIpc) is 2.69. The summed E-state index contributed by atoms with van der Waals surface area (Å²) in [5, 5.41) is 5.05. The molecule has 1 heterocycles. The Labute approximate surface area is 179 Å². The summed E-state index contributed by atoms with van der Waals surface area (Å²) in [5.74, 6) is 1.15. The number of aromatic nitrogens is 1. The lowest BCUT2D eigenvalue weighted by atomic mass is 10.2. The Bertz CT molecular complexity index is 936. The minimum Gasteiger partial charge on any atom is -0.493 e. The molecule has 0 saturated heterocycles. The molecule has 0 radical (unpaired) electrons. The summed E-state index contributed by atoms with van der Waals surface area (Å²) in [6.45, 7) is 1.50. The molecule has 3 rings (SSSR count). The lowest BCUT2D eigenvalue weighted by Gasteiger charge is -2.15. The molecule has 146 valence electrons. The van der Waals surface area contributed by atoms with Crippen LogP contribution in [-0.4, -0.2) is 12.1 Å². The summed E-state index contributed by atoms with van der Waals surface area (Å²) in [5.41, 5.74) is 2.70. The van der Waals surface area contributed by atoms with E-state index in [1.807, 2.05) is 30.3 Å². The first kappa shape index (κ1) is 20.7. The second kappa shape index (κ2) is 9.99. The second-order valence-electron chi connectivity index (χ2n) is 6.04. The molecule has 4 nitrogen and oxygen atoms in total. The molecule has 0 bridgehead atoms. The third-order valence-electron chi connectivity index (χ3n) is 4.08. The molecule has 0 atom stereocenters. The summed E-state index contributed by atoms with van der Waals surface area (Å²) < 4.78 is 11.3. The predicted octanol–water partition coefficient (Wildman–Crippen LogP) is 5.92. The van der Waals surface area contributed by atoms with Crippen LogP contribution in [-0.2, 0) is 19.7 Å². The van der Waals surface area contributed by atoms with Gasteiger partial charge in [-0.15, -0.1) is 0 Å². The Kier molecular flexibility index (Phi) is 7.40. The van der Waals surface area contributed by atoms with E-state index in [1.165, 1.54) is 0 Å². The molecule has 3 aromatic rings. The lowest BCUT2D eigenvalue weighted by Crippen LogP contribution is -2.14. The van der Waals surface area contributed by atoms with Gasteiger partial charge in [-0.2, -0.15) is 0 Å². The van der Waals surface area contributed by atoms with E-state index in [4.69, 9.17) is 44.3 Å². The van der Waals surface area contributed by atoms with Crippen molar-refractivity contribution in [2.75, 3.05) is 7.11 Å². The van der Waals surface area contributed by atoms with Crippen molar-refractivity contribution in [1.29, 1.82) is 0 Å². The molecule has 28 heavy (non-hydrogen) atoms. The Balaban J connectivity index is 1.66. The van der Waals surface area contributed by atoms with Gasteiger partial charge in [0, 0.05) is 46.0 Å². The van der Waals surface area contributed by atoms with E-state index in [0.717, 1.165) is 16.8 Å². The molecule has 0 spiro atoms. The third-order valence-corrected chi connectivity index (χ3v) is 5.02. The van der Waals surface area contributed by atoms with E-state index < -0.39 is 0 Å². The first-order valence-corrected chi connectivity index (χ1v) is 9.74. The molecule has 1 aromatic heterocycles. The predicted molar refractivity (Wildman–Crippen MR) is 114 cm³/mol. The molecular formula is C21H19Cl3N2O2. The van der Waals surface area contributed by atoms with Crippen LogP contribution < -0.4 is 14.8 Å². The zero-order valence-corrected chi connectivity index (χ0v) is 17.5. The van der Waals surface area contributed by atoms with Crippen molar-refractivity contribution in [3.8, 4) is 11.5 Å². The molecule has 0 aliphatic carbocycles. The highest BCUT2D eigenvalue weighted by atomic mass is 35.5. The van der Waals surface area contributed by atoms with E-state index in [-0.39, 0.29) is 6.61 Å². The maximum absolute atomic E-state index is 6.44. The minimum absolute atomic E-state index is 0.278. The Morgan fingerprint density at radius 1 is 0.893 bits per heavy atom. The van der Waals surface area contributed by atoms with Crippen molar-refractivity contribution in [2.24, 2.45) is 0 Å². The van der Waals surface area contributed by atoms with Crippen molar-refractivity contribution in [2.45, 2.75) is 19.7 Å². The van der Waals surface area contributed by atoms with Gasteiger partial charge in [0.25, 0.3) is 0 Å². The van der Waals surface area contributed by atoms with Crippen molar-refractivity contribution in [3.63, 3.8) is 0 Å². The number of halogens is 3. The zero-order chi connectivity index (χ0) is 19.9. The number of nitrogens with zero attached hydrogens (tertiary/aromatic N) is 1. The number of ether oxygens (including phenoxy) is 2. The lowest BCUT2D eigenvalue weighted by molar-refractivity contribution is 0.284. The van der Waals surface area contributed by atoms with Crippen LogP contribution in [0.5, 0.6) is 11.5 Å². The molecule has 7 heteroatoms. The standard InChI is InChI=1S/C21H19Cl3N2O2/c1-27-20-8-15(11-25-12-17-4-2-3-7-26-17)19(24)10-21(20)28-13-14-5-6-16(22)9-18(14)23/h2-10,25H,11-13H2,1H3. The quantitative estimate of drug-likeness (QED) is 0.475. The highest BCUT2D eigenvalue weighted by molar-refractivity contribution is 6.35. The summed E-state index contributed by atoms with van der Waals surface area (Å²) in [4.78, 5) is 4.29. The Morgan fingerprint density at radius 2 is 1.71 bits per heavy atom. The highest BCUT2D eigenvalue weighted by Crippen LogP contribution is 2.34. The molecule has 0 unspecified atom stereocenters. The van der Waals surface area contributed by atoms with Gasteiger partial charge in [-0.05, 0) is 35.9 Å². The summed E-state index contributed by atoms with van der Waals surface area (Å²) >= 11 is 18.6. The maximum Gasteiger partial charge on any atom is 0.163 e. The maximum atomic E-state index is 6.44. The van der Waals surface area contributed by atoms with Gasteiger partial charge in [0.1, 0.15) is 6.61 Å². The van der Waals surface area contributed by atoms with Gasteiger partial charge in [-0.3, -0.25) is 4.98 Å². The van der Waals surface area contributed by atoms with Gasteiger partial charge in [0.2, 0.25) is 0 Å². The smallest absolute Gasteiger partial charge is 0.163 e. The minimum atomic E-state index is 0.278. The Morgan fingerprint density at radius 3 is 2.43 bits per heavy atom. The van der Waals surface area contributed by atoms with E-state index in [2.05, 4.69) is 10.3 Å². The van der Waals surface area contributed by atoms with E-state index in [9.17, 15) is 0 Å². The van der Waals surface area contributed by atoms with Gasteiger partial charge in [0.05, 0.1) is 12.8 Å². The second-order valence-corrected chi connectivity index (χ2v) is 7.29. The number of hydrogen-bond acceptors (Lipinski definition) is 4. The molecular weight excluding hydrogens is 419 g/mol. The fraction of sp³-hybridized carbons (Fsp3) is 0.190. The molecule has 0 aliphatic heterocycles. The zero-order valence-electron chi connectivity index (χ0n) is 15.2. The van der Waals surface area contributed by atoms with Crippen LogP contribution in [0, 0.1) is 0 Å². The fourth-order valence-corrected chi connectivity index (χ4v) is 3.29. The summed E-state index contributed by atoms with van der Waals surface area (Å²) in [7, 11) is 1.59. The van der Waals surface area contributed by atoms with Gasteiger partial charge in [-0.1, -0.05) is 46.9 Å².